The molecule has 1 saturated carbocycles. The maximum atomic E-state index is 6.49. The zero-order valence-electron chi connectivity index (χ0n) is 11.4. The van der Waals surface area contributed by atoms with E-state index in [0.29, 0.717) is 0 Å². The first-order chi connectivity index (χ1) is 9.24. The zero-order chi connectivity index (χ0) is 13.3. The summed E-state index contributed by atoms with van der Waals surface area (Å²) >= 11 is 0. The third kappa shape index (κ3) is 2.30. The lowest BCUT2D eigenvalue weighted by Crippen LogP contribution is -2.36. The normalized spacial score (nSPS) is 18.2. The molecule has 1 heterocycles. The first-order valence-electron chi connectivity index (χ1n) is 7.07. The molecule has 1 aliphatic carbocycles. The molecule has 0 aliphatic heterocycles. The van der Waals surface area contributed by atoms with Crippen LogP contribution in [0.1, 0.15) is 30.9 Å². The molecule has 1 fully saturated rings. The number of rotatable bonds is 5. The highest BCUT2D eigenvalue weighted by atomic mass is 15.3. The Morgan fingerprint density at radius 1 is 1.32 bits per heavy atom. The maximum absolute atomic E-state index is 6.49. The molecule has 1 aromatic heterocycles. The lowest BCUT2D eigenvalue weighted by atomic mass is 9.85. The van der Waals surface area contributed by atoms with Gasteiger partial charge in [0.25, 0.3) is 0 Å². The highest BCUT2D eigenvalue weighted by molar-refractivity contribution is 5.34. The summed E-state index contributed by atoms with van der Waals surface area (Å²) in [5.74, 6) is 0. The second kappa shape index (κ2) is 4.82. The van der Waals surface area contributed by atoms with E-state index >= 15 is 0 Å². The summed E-state index contributed by atoms with van der Waals surface area (Å²) in [6.45, 7) is 3.02. The number of hydrogen-bond donors (Lipinski definition) is 1. The first-order valence-corrected chi connectivity index (χ1v) is 7.07. The summed E-state index contributed by atoms with van der Waals surface area (Å²) < 4.78 is 1.96. The van der Waals surface area contributed by atoms with E-state index in [2.05, 4.69) is 48.6 Å². The Morgan fingerprint density at radius 3 is 2.63 bits per heavy atom. The van der Waals surface area contributed by atoms with Crippen LogP contribution in [0.3, 0.4) is 0 Å². The monoisotopic (exact) mass is 255 g/mol. The van der Waals surface area contributed by atoms with Crippen molar-refractivity contribution in [3.8, 4) is 0 Å². The van der Waals surface area contributed by atoms with Crippen molar-refractivity contribution in [2.24, 2.45) is 5.73 Å². The van der Waals surface area contributed by atoms with Gasteiger partial charge in [-0.05, 0) is 37.3 Å². The molecule has 1 aliphatic rings. The van der Waals surface area contributed by atoms with Crippen LogP contribution in [0, 0.1) is 0 Å². The van der Waals surface area contributed by atoms with Gasteiger partial charge in [-0.25, -0.2) is 0 Å². The molecule has 2 aromatic rings. The lowest BCUT2D eigenvalue weighted by Gasteiger charge is -2.23. The third-order valence-electron chi connectivity index (χ3n) is 4.31. The Bertz CT molecular complexity index is 540. The van der Waals surface area contributed by atoms with Gasteiger partial charge in [0.15, 0.2) is 0 Å². The van der Waals surface area contributed by atoms with Crippen LogP contribution in [-0.2, 0) is 18.4 Å². The van der Waals surface area contributed by atoms with E-state index < -0.39 is 0 Å². The Hall–Kier alpha value is -1.61. The maximum Gasteiger partial charge on any atom is 0.0522 e. The summed E-state index contributed by atoms with van der Waals surface area (Å²) in [7, 11) is 0. The molecule has 0 spiro atoms. The van der Waals surface area contributed by atoms with Crippen molar-refractivity contribution in [1.82, 2.24) is 9.78 Å². The molecular weight excluding hydrogens is 234 g/mol. The van der Waals surface area contributed by atoms with Gasteiger partial charge in [0.2, 0.25) is 0 Å². The highest BCUT2D eigenvalue weighted by Gasteiger charge is 2.48. The van der Waals surface area contributed by atoms with Gasteiger partial charge in [0, 0.05) is 24.2 Å². The molecule has 0 saturated heterocycles. The molecule has 1 unspecified atom stereocenters. The molecule has 0 radical (unpaired) electrons. The lowest BCUT2D eigenvalue weighted by molar-refractivity contribution is 0.514. The van der Waals surface area contributed by atoms with Crippen LogP contribution >= 0.6 is 0 Å². The van der Waals surface area contributed by atoms with E-state index in [1.807, 2.05) is 10.9 Å². The highest BCUT2D eigenvalue weighted by Crippen LogP contribution is 2.50. The van der Waals surface area contributed by atoms with Gasteiger partial charge in [0.05, 0.1) is 6.20 Å². The molecule has 1 atom stereocenters. The van der Waals surface area contributed by atoms with Crippen molar-refractivity contribution in [2.75, 3.05) is 0 Å². The molecule has 3 heteroatoms. The molecule has 3 nitrogen and oxygen atoms in total. The van der Waals surface area contributed by atoms with E-state index in [1.54, 1.807) is 0 Å². The minimum absolute atomic E-state index is 0.185. The SMILES string of the molecule is CCn1cc(CC(N)C2(c3ccccc3)CC2)cn1. The van der Waals surface area contributed by atoms with Crippen LogP contribution in [0.15, 0.2) is 42.7 Å². The molecule has 3 rings (SSSR count). The molecule has 0 amide bonds. The van der Waals surface area contributed by atoms with Crippen LogP contribution in [0.5, 0.6) is 0 Å². The second-order valence-corrected chi connectivity index (χ2v) is 5.54. The summed E-state index contributed by atoms with van der Waals surface area (Å²) in [6, 6.07) is 10.9. The van der Waals surface area contributed by atoms with Crippen molar-refractivity contribution in [3.63, 3.8) is 0 Å². The Morgan fingerprint density at radius 2 is 2.05 bits per heavy atom. The van der Waals surface area contributed by atoms with Gasteiger partial charge in [-0.3, -0.25) is 4.68 Å². The van der Waals surface area contributed by atoms with Crippen LogP contribution in [0.25, 0.3) is 0 Å². The van der Waals surface area contributed by atoms with Crippen molar-refractivity contribution >= 4 is 0 Å². The van der Waals surface area contributed by atoms with E-state index in [4.69, 9.17) is 5.73 Å². The van der Waals surface area contributed by atoms with E-state index in [0.717, 1.165) is 13.0 Å². The fraction of sp³-hybridized carbons (Fsp3) is 0.438. The fourth-order valence-electron chi connectivity index (χ4n) is 2.91. The quantitative estimate of drug-likeness (QED) is 0.892. The fourth-order valence-corrected chi connectivity index (χ4v) is 2.91. The van der Waals surface area contributed by atoms with Gasteiger partial charge in [-0.1, -0.05) is 30.3 Å². The minimum Gasteiger partial charge on any atom is -0.327 e. The average molecular weight is 255 g/mol. The summed E-state index contributed by atoms with van der Waals surface area (Å²) in [6.07, 6.45) is 7.39. The number of aryl methyl sites for hydroxylation is 1. The van der Waals surface area contributed by atoms with Crippen molar-refractivity contribution in [3.05, 3.63) is 53.9 Å². The Kier molecular flexibility index (Phi) is 3.15. The number of aromatic nitrogens is 2. The molecule has 2 N–H and O–H groups in total. The topological polar surface area (TPSA) is 43.8 Å². The van der Waals surface area contributed by atoms with Crippen LogP contribution in [0.4, 0.5) is 0 Å². The number of nitrogens with zero attached hydrogens (tertiary/aromatic N) is 2. The Labute approximate surface area is 114 Å². The molecule has 0 bridgehead atoms. The summed E-state index contributed by atoms with van der Waals surface area (Å²) in [4.78, 5) is 0. The largest absolute Gasteiger partial charge is 0.327 e. The molecule has 1 aromatic carbocycles. The van der Waals surface area contributed by atoms with Crippen LogP contribution < -0.4 is 5.73 Å². The van der Waals surface area contributed by atoms with Gasteiger partial charge < -0.3 is 5.73 Å². The van der Waals surface area contributed by atoms with Gasteiger partial charge in [0.1, 0.15) is 0 Å². The van der Waals surface area contributed by atoms with Crippen molar-refractivity contribution < 1.29 is 0 Å². The third-order valence-corrected chi connectivity index (χ3v) is 4.31. The molecular formula is C16H21N3. The zero-order valence-corrected chi connectivity index (χ0v) is 11.4. The number of nitrogens with two attached hydrogens (primary N) is 1. The molecule has 100 valence electrons. The second-order valence-electron chi connectivity index (χ2n) is 5.54. The van der Waals surface area contributed by atoms with Crippen LogP contribution in [-0.4, -0.2) is 15.8 Å². The standard InChI is InChI=1S/C16H21N3/c1-2-19-12-13(11-18-19)10-15(17)16(8-9-16)14-6-4-3-5-7-14/h3-7,11-12,15H,2,8-10,17H2,1H3. The van der Waals surface area contributed by atoms with E-state index in [1.165, 1.54) is 24.0 Å². The summed E-state index contributed by atoms with van der Waals surface area (Å²) in [5.41, 5.74) is 9.34. The van der Waals surface area contributed by atoms with E-state index in [-0.39, 0.29) is 11.5 Å². The van der Waals surface area contributed by atoms with Gasteiger partial charge >= 0.3 is 0 Å². The van der Waals surface area contributed by atoms with Gasteiger partial charge in [-0.2, -0.15) is 5.10 Å². The number of benzene rings is 1. The average Bonchev–Trinajstić information content (AvgIpc) is 3.15. The minimum atomic E-state index is 0.185. The van der Waals surface area contributed by atoms with Crippen LogP contribution in [0.2, 0.25) is 0 Å². The Balaban J connectivity index is 1.75. The van der Waals surface area contributed by atoms with Crippen molar-refractivity contribution in [1.29, 1.82) is 0 Å². The number of hydrogen-bond acceptors (Lipinski definition) is 2. The first kappa shape index (κ1) is 12.4. The molecule has 19 heavy (non-hydrogen) atoms. The smallest absolute Gasteiger partial charge is 0.0522 e. The van der Waals surface area contributed by atoms with Crippen molar-refractivity contribution in [2.45, 2.75) is 44.2 Å². The van der Waals surface area contributed by atoms with E-state index in [9.17, 15) is 0 Å². The van der Waals surface area contributed by atoms with Gasteiger partial charge in [-0.15, -0.1) is 0 Å². The summed E-state index contributed by atoms with van der Waals surface area (Å²) in [5, 5.41) is 4.32. The predicted molar refractivity (Wildman–Crippen MR) is 76.9 cm³/mol. The predicted octanol–water partition coefficient (Wildman–Crippen LogP) is 2.50.